The van der Waals surface area contributed by atoms with Crippen LogP contribution < -0.4 is 4.72 Å². The Morgan fingerprint density at radius 2 is 1.90 bits per heavy atom. The minimum absolute atomic E-state index is 0.313. The van der Waals surface area contributed by atoms with Crippen molar-refractivity contribution in [3.05, 3.63) is 60.2 Å². The topological polar surface area (TPSA) is 60.6 Å². The third kappa shape index (κ3) is 3.80. The van der Waals surface area contributed by atoms with Crippen molar-refractivity contribution in [1.82, 2.24) is 24.5 Å². The lowest BCUT2D eigenvalue weighted by atomic mass is 10.1. The monoisotopic (exact) mass is 418 g/mol. The van der Waals surface area contributed by atoms with Gasteiger partial charge in [0.15, 0.2) is 5.82 Å². The second-order valence-corrected chi connectivity index (χ2v) is 7.27. The first-order valence-electron chi connectivity index (χ1n) is 8.81. The molecule has 0 saturated heterocycles. The van der Waals surface area contributed by atoms with Crippen LogP contribution in [0.3, 0.4) is 0 Å². The molecule has 0 radical (unpaired) electrons. The number of aromatic nitrogens is 5. The van der Waals surface area contributed by atoms with Crippen molar-refractivity contribution in [1.29, 1.82) is 0 Å². The summed E-state index contributed by atoms with van der Waals surface area (Å²) in [4.78, 5) is 4.66. The summed E-state index contributed by atoms with van der Waals surface area (Å²) in [6.07, 6.45) is 2.41. The van der Waals surface area contributed by atoms with Gasteiger partial charge in [0.1, 0.15) is 0 Å². The maximum atomic E-state index is 12.7. The van der Waals surface area contributed by atoms with Crippen molar-refractivity contribution in [2.24, 2.45) is 7.05 Å². The molecule has 0 aliphatic carbocycles. The number of anilines is 1. The zero-order valence-electron chi connectivity index (χ0n) is 15.6. The lowest BCUT2D eigenvalue weighted by Gasteiger charge is -2.12. The third-order valence-corrected chi connectivity index (χ3v) is 5.26. The average molecular weight is 418 g/mol. The van der Waals surface area contributed by atoms with Gasteiger partial charge in [-0.15, -0.1) is 0 Å². The van der Waals surface area contributed by atoms with Gasteiger partial charge in [-0.25, -0.2) is 9.67 Å². The van der Waals surface area contributed by atoms with Crippen LogP contribution in [0.5, 0.6) is 0 Å². The molecular formula is C19H17F3N6S. The van der Waals surface area contributed by atoms with Crippen LogP contribution >= 0.6 is 11.9 Å². The number of nitrogens with one attached hydrogen (secondary N) is 1. The molecule has 1 aromatic carbocycles. The number of benzene rings is 1. The van der Waals surface area contributed by atoms with Crippen LogP contribution in [0.25, 0.3) is 16.7 Å². The maximum absolute atomic E-state index is 12.7. The minimum atomic E-state index is -4.41. The summed E-state index contributed by atoms with van der Waals surface area (Å²) in [7, 11) is 1.89. The first-order chi connectivity index (χ1) is 13.9. The molecular weight excluding hydrogens is 401 g/mol. The summed E-state index contributed by atoms with van der Waals surface area (Å²) in [5.74, 6) is 0.313. The molecule has 0 saturated carbocycles. The first kappa shape index (κ1) is 19.3. The second kappa shape index (κ2) is 7.43. The number of nitrogens with zero attached hydrogens (tertiary/aromatic N) is 5. The minimum Gasteiger partial charge on any atom is -0.323 e. The number of alkyl halides is 3. The van der Waals surface area contributed by atoms with Crippen molar-refractivity contribution >= 4 is 28.5 Å². The number of rotatable bonds is 5. The lowest BCUT2D eigenvalue weighted by Crippen LogP contribution is -2.06. The van der Waals surface area contributed by atoms with Gasteiger partial charge in [0.25, 0.3) is 0 Å². The van der Waals surface area contributed by atoms with Crippen LogP contribution in [0.15, 0.2) is 53.9 Å². The van der Waals surface area contributed by atoms with E-state index in [4.69, 9.17) is 0 Å². The second-order valence-electron chi connectivity index (χ2n) is 6.39. The van der Waals surface area contributed by atoms with E-state index in [1.807, 2.05) is 24.0 Å². The van der Waals surface area contributed by atoms with E-state index in [2.05, 4.69) is 32.9 Å². The largest absolute Gasteiger partial charge is 0.417 e. The molecule has 0 unspecified atom stereocenters. The fourth-order valence-electron chi connectivity index (χ4n) is 3.00. The molecule has 4 aromatic rings. The van der Waals surface area contributed by atoms with Gasteiger partial charge >= 0.3 is 6.18 Å². The molecule has 1 N–H and O–H groups in total. The molecule has 0 fully saturated rings. The van der Waals surface area contributed by atoms with E-state index in [0.717, 1.165) is 45.7 Å². The van der Waals surface area contributed by atoms with Gasteiger partial charge < -0.3 is 4.72 Å². The molecule has 0 amide bonds. The third-order valence-electron chi connectivity index (χ3n) is 4.51. The summed E-state index contributed by atoms with van der Waals surface area (Å²) in [5.41, 5.74) is 2.36. The van der Waals surface area contributed by atoms with Gasteiger partial charge in [0.2, 0.25) is 0 Å². The number of pyridine rings is 1. The van der Waals surface area contributed by atoms with Gasteiger partial charge in [-0.1, -0.05) is 19.1 Å². The molecule has 3 heterocycles. The summed E-state index contributed by atoms with van der Waals surface area (Å²) in [6.45, 7) is 2.09. The smallest absolute Gasteiger partial charge is 0.323 e. The molecule has 29 heavy (non-hydrogen) atoms. The highest BCUT2D eigenvalue weighted by Crippen LogP contribution is 2.32. The Hall–Kier alpha value is -3.01. The van der Waals surface area contributed by atoms with Crippen molar-refractivity contribution < 1.29 is 13.2 Å². The van der Waals surface area contributed by atoms with Gasteiger partial charge in [-0.05, 0) is 36.1 Å². The van der Waals surface area contributed by atoms with Crippen LogP contribution in [0.1, 0.15) is 18.1 Å². The summed E-state index contributed by atoms with van der Waals surface area (Å²) < 4.78 is 44.7. The highest BCUT2D eigenvalue weighted by atomic mass is 32.2. The lowest BCUT2D eigenvalue weighted by molar-refractivity contribution is -0.137. The van der Waals surface area contributed by atoms with Gasteiger partial charge in [-0.2, -0.15) is 23.4 Å². The van der Waals surface area contributed by atoms with Crippen molar-refractivity contribution in [3.8, 4) is 5.82 Å². The molecule has 3 aromatic heterocycles. The van der Waals surface area contributed by atoms with Gasteiger partial charge in [-0.3, -0.25) is 4.68 Å². The maximum Gasteiger partial charge on any atom is 0.417 e. The zero-order chi connectivity index (χ0) is 20.6. The number of aryl methyl sites for hydroxylation is 2. The molecule has 6 nitrogen and oxygen atoms in total. The number of hydrogen-bond donors (Lipinski definition) is 1. The Morgan fingerprint density at radius 1 is 1.07 bits per heavy atom. The summed E-state index contributed by atoms with van der Waals surface area (Å²) in [6, 6.07) is 6.41. The highest BCUT2D eigenvalue weighted by molar-refractivity contribution is 8.00. The normalized spacial score (nSPS) is 11.9. The van der Waals surface area contributed by atoms with E-state index in [0.29, 0.717) is 5.82 Å². The molecule has 0 bridgehead atoms. The average Bonchev–Trinajstić information content (AvgIpc) is 3.33. The predicted octanol–water partition coefficient (Wildman–Crippen LogP) is 4.85. The Bertz CT molecular complexity index is 1150. The standard InChI is InChI=1S/C19H17F3N6S/c1-3-12-4-5-13-8-24-27(2)18(13)17(12)26-29-15-10-25-28(11-15)16-7-6-14(9-23-16)19(20,21)22/h4-11,26H,3H2,1-2H3. The van der Waals surface area contributed by atoms with E-state index in [-0.39, 0.29) is 0 Å². The number of halogens is 3. The van der Waals surface area contributed by atoms with Crippen molar-refractivity contribution in [2.75, 3.05) is 4.72 Å². The van der Waals surface area contributed by atoms with Crippen molar-refractivity contribution in [3.63, 3.8) is 0 Å². The SMILES string of the molecule is CCc1ccc2cnn(C)c2c1NSc1cnn(-c2ccc(C(F)(F)F)cn2)c1. The predicted molar refractivity (Wildman–Crippen MR) is 106 cm³/mol. The zero-order valence-corrected chi connectivity index (χ0v) is 16.4. The molecule has 0 atom stereocenters. The van der Waals surface area contributed by atoms with Crippen LogP contribution in [-0.4, -0.2) is 24.5 Å². The molecule has 10 heteroatoms. The molecule has 0 aliphatic rings. The van der Waals surface area contributed by atoms with Crippen LogP contribution in [-0.2, 0) is 19.6 Å². The summed E-state index contributed by atoms with van der Waals surface area (Å²) in [5, 5.41) is 9.55. The highest BCUT2D eigenvalue weighted by Gasteiger charge is 2.30. The Morgan fingerprint density at radius 3 is 2.59 bits per heavy atom. The number of hydrogen-bond acceptors (Lipinski definition) is 5. The van der Waals surface area contributed by atoms with Crippen LogP contribution in [0.2, 0.25) is 0 Å². The van der Waals surface area contributed by atoms with E-state index in [1.165, 1.54) is 22.7 Å². The molecule has 4 rings (SSSR count). The molecule has 0 aliphatic heterocycles. The van der Waals surface area contributed by atoms with E-state index in [9.17, 15) is 13.2 Å². The van der Waals surface area contributed by atoms with Gasteiger partial charge in [0.05, 0.1) is 34.1 Å². The van der Waals surface area contributed by atoms with Crippen LogP contribution in [0.4, 0.5) is 18.9 Å². The fraction of sp³-hybridized carbons (Fsp3) is 0.211. The quantitative estimate of drug-likeness (QED) is 0.469. The van der Waals surface area contributed by atoms with Crippen LogP contribution in [0, 0.1) is 0 Å². The fourth-order valence-corrected chi connectivity index (χ4v) is 3.70. The van der Waals surface area contributed by atoms with Gasteiger partial charge in [0, 0.05) is 24.8 Å². The summed E-state index contributed by atoms with van der Waals surface area (Å²) >= 11 is 1.37. The first-order valence-corrected chi connectivity index (χ1v) is 9.63. The van der Waals surface area contributed by atoms with E-state index in [1.54, 1.807) is 12.4 Å². The van der Waals surface area contributed by atoms with Crippen molar-refractivity contribution in [2.45, 2.75) is 24.4 Å². The molecule has 0 spiro atoms. The Kier molecular flexibility index (Phi) is 4.95. The van der Waals surface area contributed by atoms with E-state index < -0.39 is 11.7 Å². The Balaban J connectivity index is 1.55. The number of fused-ring (bicyclic) bond motifs is 1. The van der Waals surface area contributed by atoms with E-state index >= 15 is 0 Å². The Labute approximate surface area is 168 Å². The molecule has 150 valence electrons.